The van der Waals surface area contributed by atoms with Crippen molar-refractivity contribution < 1.29 is 29.1 Å². The van der Waals surface area contributed by atoms with Gasteiger partial charge in [0.25, 0.3) is 0 Å². The largest absolute Gasteiger partial charge is 0.493 e. The van der Waals surface area contributed by atoms with Gasteiger partial charge in [-0.15, -0.1) is 0 Å². The number of hydrogen-bond donors (Lipinski definition) is 2. The molecule has 0 unspecified atom stereocenters. The summed E-state index contributed by atoms with van der Waals surface area (Å²) in [7, 11) is 0. The predicted octanol–water partition coefficient (Wildman–Crippen LogP) is 3.62. The predicted molar refractivity (Wildman–Crippen MR) is 92.2 cm³/mol. The maximum Gasteiger partial charge on any atom is 0.341 e. The van der Waals surface area contributed by atoms with Gasteiger partial charge in [-0.1, -0.05) is 18.0 Å². The number of rotatable bonds is 6. The van der Waals surface area contributed by atoms with Crippen molar-refractivity contribution in [2.45, 2.75) is 32.6 Å². The lowest BCUT2D eigenvalue weighted by Gasteiger charge is -2.28. The van der Waals surface area contributed by atoms with E-state index in [1.165, 1.54) is 0 Å². The van der Waals surface area contributed by atoms with Gasteiger partial charge >= 0.3 is 11.9 Å². The molecule has 7 heteroatoms. The molecule has 7 nitrogen and oxygen atoms in total. The number of carbonyl (C=O) groups is 2. The molecule has 2 N–H and O–H groups in total. The number of aromatic carboxylic acids is 1. The normalized spacial score (nSPS) is 19.9. The third-order valence-corrected chi connectivity index (χ3v) is 4.88. The Balaban J connectivity index is 1.69. The summed E-state index contributed by atoms with van der Waals surface area (Å²) in [5.74, 6) is -1.36. The molecule has 1 aliphatic carbocycles. The molecule has 2 atom stereocenters. The Hall–Kier alpha value is -2.83. The van der Waals surface area contributed by atoms with Crippen LogP contribution in [-0.4, -0.2) is 33.9 Å². The molecule has 0 saturated heterocycles. The number of nitrogens with zero attached hydrogens (tertiary/aromatic N) is 1. The molecule has 3 rings (SSSR count). The first-order valence-corrected chi connectivity index (χ1v) is 8.63. The van der Waals surface area contributed by atoms with Crippen LogP contribution in [0.2, 0.25) is 0 Å². The minimum absolute atomic E-state index is 0.0106. The summed E-state index contributed by atoms with van der Waals surface area (Å²) in [6.07, 6.45) is 3.53. The third-order valence-electron chi connectivity index (χ3n) is 4.88. The average molecular weight is 359 g/mol. The monoisotopic (exact) mass is 359 g/mol. The van der Waals surface area contributed by atoms with E-state index in [2.05, 4.69) is 5.16 Å². The Labute approximate surface area is 150 Å². The molecule has 1 aromatic heterocycles. The number of aryl methyl sites for hydroxylation is 1. The highest BCUT2D eigenvalue weighted by molar-refractivity contribution is 5.95. The molecule has 1 saturated carbocycles. The topological polar surface area (TPSA) is 110 Å². The third kappa shape index (κ3) is 3.71. The highest BCUT2D eigenvalue weighted by atomic mass is 16.5. The van der Waals surface area contributed by atoms with Crippen LogP contribution in [0.5, 0.6) is 5.75 Å². The maximum absolute atomic E-state index is 11.3. The van der Waals surface area contributed by atoms with Gasteiger partial charge in [-0.25, -0.2) is 4.79 Å². The summed E-state index contributed by atoms with van der Waals surface area (Å²) in [4.78, 5) is 22.7. The lowest BCUT2D eigenvalue weighted by atomic mass is 9.80. The fourth-order valence-corrected chi connectivity index (χ4v) is 3.46. The fraction of sp³-hybridized carbons (Fsp3) is 0.421. The zero-order valence-corrected chi connectivity index (χ0v) is 14.5. The molecule has 1 aliphatic rings. The first-order valence-electron chi connectivity index (χ1n) is 8.63. The molecule has 0 spiro atoms. The highest BCUT2D eigenvalue weighted by Gasteiger charge is 2.31. The Morgan fingerprint density at radius 2 is 1.88 bits per heavy atom. The number of ether oxygens (including phenoxy) is 1. The second-order valence-corrected chi connectivity index (χ2v) is 6.60. The van der Waals surface area contributed by atoms with Crippen LogP contribution in [0.15, 0.2) is 28.8 Å². The van der Waals surface area contributed by atoms with Crippen molar-refractivity contribution >= 4 is 11.9 Å². The van der Waals surface area contributed by atoms with Crippen LogP contribution in [0.4, 0.5) is 0 Å². The minimum atomic E-state index is -1.09. The Morgan fingerprint density at radius 3 is 2.54 bits per heavy atom. The van der Waals surface area contributed by atoms with E-state index in [1.807, 2.05) is 0 Å². The summed E-state index contributed by atoms with van der Waals surface area (Å²) >= 11 is 0. The summed E-state index contributed by atoms with van der Waals surface area (Å²) in [5, 5.41) is 22.3. The average Bonchev–Trinajstić information content (AvgIpc) is 3.02. The van der Waals surface area contributed by atoms with Gasteiger partial charge in [0.1, 0.15) is 11.3 Å². The van der Waals surface area contributed by atoms with E-state index >= 15 is 0 Å². The van der Waals surface area contributed by atoms with Crippen LogP contribution in [0, 0.1) is 18.8 Å². The van der Waals surface area contributed by atoms with Gasteiger partial charge in [0.05, 0.1) is 18.2 Å². The van der Waals surface area contributed by atoms with E-state index in [0.29, 0.717) is 30.0 Å². The molecule has 1 aromatic carbocycles. The number of hydrogen-bond acceptors (Lipinski definition) is 5. The molecule has 26 heavy (non-hydrogen) atoms. The summed E-state index contributed by atoms with van der Waals surface area (Å²) in [6.45, 7) is 1.94. The van der Waals surface area contributed by atoms with Gasteiger partial charge in [0.15, 0.2) is 5.76 Å². The molecular formula is C19H21NO6. The minimum Gasteiger partial charge on any atom is -0.493 e. The number of aliphatic carboxylic acids is 1. The first-order chi connectivity index (χ1) is 12.5. The molecular weight excluding hydrogens is 338 g/mol. The standard InChI is InChI=1S/C19H21NO6/c1-11-16(19(23)24)17(26-20-11)12-6-8-14(9-7-12)25-10-13-4-2-3-5-15(13)18(21)22/h6-9,13,15H,2-5,10H2,1H3,(H,21,22)(H,23,24)/t13-,15+/m1/s1. The second-order valence-electron chi connectivity index (χ2n) is 6.60. The van der Waals surface area contributed by atoms with Crippen molar-refractivity contribution in [2.24, 2.45) is 11.8 Å². The molecule has 0 amide bonds. The number of carboxylic acids is 2. The quantitative estimate of drug-likeness (QED) is 0.810. The van der Waals surface area contributed by atoms with Gasteiger partial charge in [0.2, 0.25) is 0 Å². The Bertz CT molecular complexity index is 795. The molecule has 0 bridgehead atoms. The molecule has 0 radical (unpaired) electrons. The van der Waals surface area contributed by atoms with Crippen LogP contribution in [0.3, 0.4) is 0 Å². The lowest BCUT2D eigenvalue weighted by molar-refractivity contribution is -0.145. The molecule has 0 aliphatic heterocycles. The number of benzene rings is 1. The lowest BCUT2D eigenvalue weighted by Crippen LogP contribution is -2.31. The van der Waals surface area contributed by atoms with E-state index < -0.39 is 11.9 Å². The summed E-state index contributed by atoms with van der Waals surface area (Å²) < 4.78 is 10.9. The van der Waals surface area contributed by atoms with E-state index in [4.69, 9.17) is 9.26 Å². The Kier molecular flexibility index (Phi) is 5.25. The van der Waals surface area contributed by atoms with Crippen molar-refractivity contribution in [3.63, 3.8) is 0 Å². The zero-order chi connectivity index (χ0) is 18.7. The van der Waals surface area contributed by atoms with Gasteiger partial charge in [-0.3, -0.25) is 4.79 Å². The zero-order valence-electron chi connectivity index (χ0n) is 14.5. The SMILES string of the molecule is Cc1noc(-c2ccc(OC[C@H]3CCCC[C@@H]3C(=O)O)cc2)c1C(=O)O. The number of aromatic nitrogens is 1. The van der Waals surface area contributed by atoms with Gasteiger partial charge in [-0.2, -0.15) is 0 Å². The van der Waals surface area contributed by atoms with Gasteiger partial charge in [-0.05, 0) is 44.0 Å². The Morgan fingerprint density at radius 1 is 1.19 bits per heavy atom. The smallest absolute Gasteiger partial charge is 0.341 e. The fourth-order valence-electron chi connectivity index (χ4n) is 3.46. The van der Waals surface area contributed by atoms with E-state index in [1.54, 1.807) is 31.2 Å². The van der Waals surface area contributed by atoms with Crippen molar-refractivity contribution in [1.82, 2.24) is 5.16 Å². The summed E-state index contributed by atoms with van der Waals surface area (Å²) in [5.41, 5.74) is 0.964. The molecule has 2 aromatic rings. The van der Waals surface area contributed by atoms with Gasteiger partial charge < -0.3 is 19.5 Å². The molecule has 1 fully saturated rings. The van der Waals surface area contributed by atoms with Crippen molar-refractivity contribution in [3.05, 3.63) is 35.5 Å². The van der Waals surface area contributed by atoms with Crippen molar-refractivity contribution in [3.8, 4) is 17.1 Å². The van der Waals surface area contributed by atoms with Gasteiger partial charge in [0, 0.05) is 11.5 Å². The van der Waals surface area contributed by atoms with Crippen LogP contribution >= 0.6 is 0 Å². The first kappa shape index (κ1) is 18.0. The van der Waals surface area contributed by atoms with E-state index in [0.717, 1.165) is 19.3 Å². The van der Waals surface area contributed by atoms with Crippen molar-refractivity contribution in [1.29, 1.82) is 0 Å². The second kappa shape index (κ2) is 7.59. The van der Waals surface area contributed by atoms with E-state index in [-0.39, 0.29) is 23.2 Å². The molecule has 138 valence electrons. The maximum atomic E-state index is 11.3. The summed E-state index contributed by atoms with van der Waals surface area (Å²) in [6, 6.07) is 6.85. The van der Waals surface area contributed by atoms with Crippen LogP contribution < -0.4 is 4.74 Å². The molecule has 1 heterocycles. The highest BCUT2D eigenvalue weighted by Crippen LogP contribution is 2.32. The van der Waals surface area contributed by atoms with Crippen LogP contribution in [-0.2, 0) is 4.79 Å². The van der Waals surface area contributed by atoms with Crippen molar-refractivity contribution in [2.75, 3.05) is 6.61 Å². The van der Waals surface area contributed by atoms with E-state index in [9.17, 15) is 19.8 Å². The number of carboxylic acid groups (broad SMARTS) is 2. The van der Waals surface area contributed by atoms with Crippen LogP contribution in [0.1, 0.15) is 41.7 Å². The van der Waals surface area contributed by atoms with Crippen LogP contribution in [0.25, 0.3) is 11.3 Å².